The molecule has 0 unspecified atom stereocenters. The number of hydrogen-bond donors (Lipinski definition) is 0. The van der Waals surface area contributed by atoms with Crippen LogP contribution in [-0.4, -0.2) is 47.5 Å². The minimum Gasteiger partial charge on any atom is -0.493 e. The van der Waals surface area contributed by atoms with Crippen LogP contribution in [0, 0.1) is 0 Å². The SMILES string of the molecule is CCCOC(=O)CCN1C(=O)/C(=C/c2ccc(OC(C)C)c(OC)c2)SC1=S. The molecular weight excluding hydrogens is 398 g/mol. The number of thiocarbonyl (C=S) groups is 1. The molecule has 2 rings (SSSR count). The van der Waals surface area contributed by atoms with E-state index in [1.54, 1.807) is 13.2 Å². The van der Waals surface area contributed by atoms with Crippen molar-refractivity contribution in [2.45, 2.75) is 39.7 Å². The zero-order valence-electron chi connectivity index (χ0n) is 16.5. The lowest BCUT2D eigenvalue weighted by Gasteiger charge is -2.14. The summed E-state index contributed by atoms with van der Waals surface area (Å²) >= 11 is 6.52. The van der Waals surface area contributed by atoms with Crippen LogP contribution in [0.4, 0.5) is 0 Å². The van der Waals surface area contributed by atoms with Gasteiger partial charge in [-0.05, 0) is 44.0 Å². The Balaban J connectivity index is 2.09. The van der Waals surface area contributed by atoms with Crippen LogP contribution in [-0.2, 0) is 14.3 Å². The van der Waals surface area contributed by atoms with Crippen molar-refractivity contribution in [2.24, 2.45) is 0 Å². The molecule has 0 N–H and O–H groups in total. The highest BCUT2D eigenvalue weighted by atomic mass is 32.2. The summed E-state index contributed by atoms with van der Waals surface area (Å²) in [5.41, 5.74) is 0.802. The molecule has 28 heavy (non-hydrogen) atoms. The molecule has 1 amide bonds. The minimum atomic E-state index is -0.328. The average Bonchev–Trinajstić information content (AvgIpc) is 2.92. The summed E-state index contributed by atoms with van der Waals surface area (Å²) in [6.45, 7) is 6.41. The maximum absolute atomic E-state index is 12.7. The second kappa shape index (κ2) is 10.5. The average molecular weight is 424 g/mol. The van der Waals surface area contributed by atoms with Gasteiger partial charge in [0, 0.05) is 6.54 Å². The molecule has 0 aromatic heterocycles. The number of methoxy groups -OCH3 is 1. The van der Waals surface area contributed by atoms with E-state index in [9.17, 15) is 9.59 Å². The van der Waals surface area contributed by atoms with E-state index < -0.39 is 0 Å². The fourth-order valence-corrected chi connectivity index (χ4v) is 3.77. The number of benzene rings is 1. The summed E-state index contributed by atoms with van der Waals surface area (Å²) in [6.07, 6.45) is 2.67. The van der Waals surface area contributed by atoms with E-state index in [4.69, 9.17) is 26.4 Å². The van der Waals surface area contributed by atoms with E-state index in [1.807, 2.05) is 39.0 Å². The molecule has 6 nitrogen and oxygen atoms in total. The Bertz CT molecular complexity index is 776. The molecule has 0 saturated carbocycles. The van der Waals surface area contributed by atoms with Gasteiger partial charge in [0.1, 0.15) is 4.32 Å². The quantitative estimate of drug-likeness (QED) is 0.338. The molecule has 1 aliphatic rings. The molecule has 0 bridgehead atoms. The highest BCUT2D eigenvalue weighted by molar-refractivity contribution is 8.26. The molecule has 0 radical (unpaired) electrons. The normalized spacial score (nSPS) is 15.5. The van der Waals surface area contributed by atoms with Gasteiger partial charge in [-0.25, -0.2) is 0 Å². The van der Waals surface area contributed by atoms with Crippen LogP contribution in [0.5, 0.6) is 11.5 Å². The molecule has 1 aromatic rings. The highest BCUT2D eigenvalue weighted by Crippen LogP contribution is 2.35. The summed E-state index contributed by atoms with van der Waals surface area (Å²) in [7, 11) is 1.57. The first-order valence-corrected chi connectivity index (χ1v) is 10.3. The number of thioether (sulfide) groups is 1. The summed E-state index contributed by atoms with van der Waals surface area (Å²) in [5, 5.41) is 0. The van der Waals surface area contributed by atoms with Gasteiger partial charge in [-0.2, -0.15) is 0 Å². The third-order valence-electron chi connectivity index (χ3n) is 3.73. The molecule has 1 fully saturated rings. The van der Waals surface area contributed by atoms with Crippen LogP contribution in [0.15, 0.2) is 23.1 Å². The third-order valence-corrected chi connectivity index (χ3v) is 5.11. The monoisotopic (exact) mass is 423 g/mol. The van der Waals surface area contributed by atoms with Crippen molar-refractivity contribution in [3.8, 4) is 11.5 Å². The first-order valence-electron chi connectivity index (χ1n) is 9.11. The predicted octanol–water partition coefficient (Wildman–Crippen LogP) is 4.03. The summed E-state index contributed by atoms with van der Waals surface area (Å²) in [6, 6.07) is 5.48. The Kier molecular flexibility index (Phi) is 8.32. The molecule has 0 atom stereocenters. The smallest absolute Gasteiger partial charge is 0.307 e. The molecule has 1 aliphatic heterocycles. The van der Waals surface area contributed by atoms with Gasteiger partial charge in [0.25, 0.3) is 5.91 Å². The number of amides is 1. The molecule has 152 valence electrons. The van der Waals surface area contributed by atoms with Gasteiger partial charge in [0.2, 0.25) is 0 Å². The molecule has 1 saturated heterocycles. The van der Waals surface area contributed by atoms with Crippen molar-refractivity contribution in [2.75, 3.05) is 20.3 Å². The van der Waals surface area contributed by atoms with Crippen LogP contribution < -0.4 is 9.47 Å². The van der Waals surface area contributed by atoms with Crippen LogP contribution in [0.1, 0.15) is 39.2 Å². The van der Waals surface area contributed by atoms with Crippen LogP contribution in [0.3, 0.4) is 0 Å². The first kappa shape index (κ1) is 22.2. The van der Waals surface area contributed by atoms with E-state index in [0.717, 1.165) is 12.0 Å². The fraction of sp³-hybridized carbons (Fsp3) is 0.450. The van der Waals surface area contributed by atoms with Gasteiger partial charge in [-0.15, -0.1) is 0 Å². The third kappa shape index (κ3) is 5.97. The molecule has 0 aliphatic carbocycles. The summed E-state index contributed by atoms with van der Waals surface area (Å²) in [4.78, 5) is 26.3. The number of carbonyl (C=O) groups is 2. The molecule has 1 heterocycles. The van der Waals surface area contributed by atoms with Crippen molar-refractivity contribution in [3.63, 3.8) is 0 Å². The standard InChI is InChI=1S/C20H25NO5S2/c1-5-10-25-18(22)8-9-21-19(23)17(28-20(21)27)12-14-6-7-15(26-13(2)3)16(11-14)24-4/h6-7,11-13H,5,8-10H2,1-4H3/b17-12-. The number of hydrogen-bond acceptors (Lipinski definition) is 7. The number of carbonyl (C=O) groups excluding carboxylic acids is 2. The van der Waals surface area contributed by atoms with Crippen LogP contribution >= 0.6 is 24.0 Å². The van der Waals surface area contributed by atoms with Gasteiger partial charge < -0.3 is 14.2 Å². The Morgan fingerprint density at radius 1 is 1.32 bits per heavy atom. The molecule has 8 heteroatoms. The van der Waals surface area contributed by atoms with E-state index in [1.165, 1.54) is 16.7 Å². The Morgan fingerprint density at radius 2 is 2.07 bits per heavy atom. The largest absolute Gasteiger partial charge is 0.493 e. The summed E-state index contributed by atoms with van der Waals surface area (Å²) < 4.78 is 16.6. The Labute approximate surface area is 175 Å². The maximum Gasteiger partial charge on any atom is 0.307 e. The Hall–Kier alpha value is -2.06. The van der Waals surface area contributed by atoms with Crippen molar-refractivity contribution < 1.29 is 23.8 Å². The lowest BCUT2D eigenvalue weighted by Crippen LogP contribution is -2.30. The van der Waals surface area contributed by atoms with Crippen molar-refractivity contribution in [1.82, 2.24) is 4.90 Å². The van der Waals surface area contributed by atoms with Crippen molar-refractivity contribution in [1.29, 1.82) is 0 Å². The predicted molar refractivity (Wildman–Crippen MR) is 115 cm³/mol. The highest BCUT2D eigenvalue weighted by Gasteiger charge is 2.32. The van der Waals surface area contributed by atoms with Gasteiger partial charge in [-0.1, -0.05) is 37.0 Å². The minimum absolute atomic E-state index is 0.0278. The number of nitrogens with zero attached hydrogens (tertiary/aromatic N) is 1. The van der Waals surface area contributed by atoms with Gasteiger partial charge in [0.05, 0.1) is 31.1 Å². The lowest BCUT2D eigenvalue weighted by atomic mass is 10.2. The zero-order chi connectivity index (χ0) is 20.7. The van der Waals surface area contributed by atoms with E-state index >= 15 is 0 Å². The van der Waals surface area contributed by atoms with E-state index in [0.29, 0.717) is 27.3 Å². The Morgan fingerprint density at radius 3 is 2.71 bits per heavy atom. The second-order valence-electron chi connectivity index (χ2n) is 6.38. The van der Waals surface area contributed by atoms with Gasteiger partial charge in [0.15, 0.2) is 11.5 Å². The van der Waals surface area contributed by atoms with Gasteiger partial charge in [-0.3, -0.25) is 14.5 Å². The second-order valence-corrected chi connectivity index (χ2v) is 8.06. The summed E-state index contributed by atoms with van der Waals surface area (Å²) in [5.74, 6) is 0.703. The van der Waals surface area contributed by atoms with E-state index in [-0.39, 0.29) is 30.9 Å². The molecule has 1 aromatic carbocycles. The molecular formula is C20H25NO5S2. The number of ether oxygens (including phenoxy) is 3. The van der Waals surface area contributed by atoms with Crippen LogP contribution in [0.2, 0.25) is 0 Å². The zero-order valence-corrected chi connectivity index (χ0v) is 18.2. The number of rotatable bonds is 9. The van der Waals surface area contributed by atoms with Crippen molar-refractivity contribution >= 4 is 46.3 Å². The fourth-order valence-electron chi connectivity index (χ4n) is 2.46. The van der Waals surface area contributed by atoms with Crippen LogP contribution in [0.25, 0.3) is 6.08 Å². The number of esters is 1. The first-order chi connectivity index (χ1) is 13.3. The lowest BCUT2D eigenvalue weighted by molar-refractivity contribution is -0.143. The van der Waals surface area contributed by atoms with Gasteiger partial charge >= 0.3 is 5.97 Å². The van der Waals surface area contributed by atoms with E-state index in [2.05, 4.69) is 0 Å². The topological polar surface area (TPSA) is 65.1 Å². The molecule has 0 spiro atoms. The maximum atomic E-state index is 12.7. The van der Waals surface area contributed by atoms with Crippen molar-refractivity contribution in [3.05, 3.63) is 28.7 Å².